The standard InChI is InChI=1S/C18H24FN3O3/c1-18(2,3)25-17(24)22-8-7-12(13(19)10-22)11-5-6-14-15(9-11)21(4)16(23)20-14/h5-6,9,12-13H,7-8,10H2,1-4H3,(H,20,23)/t12?,13-/m0/s1. The molecule has 1 unspecified atom stereocenters. The number of ether oxygens (including phenoxy) is 1. The van der Waals surface area contributed by atoms with Gasteiger partial charge in [0.1, 0.15) is 11.8 Å². The van der Waals surface area contributed by atoms with E-state index in [-0.39, 0.29) is 18.2 Å². The number of hydrogen-bond donors (Lipinski definition) is 1. The average Bonchev–Trinajstić information content (AvgIpc) is 2.80. The Labute approximate surface area is 145 Å². The molecule has 1 saturated heterocycles. The van der Waals surface area contributed by atoms with Crippen molar-refractivity contribution in [1.82, 2.24) is 14.5 Å². The number of halogens is 1. The highest BCUT2D eigenvalue weighted by Crippen LogP contribution is 2.32. The van der Waals surface area contributed by atoms with Crippen molar-refractivity contribution in [3.8, 4) is 0 Å². The quantitative estimate of drug-likeness (QED) is 0.861. The maximum absolute atomic E-state index is 14.8. The minimum absolute atomic E-state index is 0.0175. The first-order chi connectivity index (χ1) is 11.7. The van der Waals surface area contributed by atoms with E-state index in [1.165, 1.54) is 9.47 Å². The first-order valence-corrected chi connectivity index (χ1v) is 8.46. The van der Waals surface area contributed by atoms with E-state index in [2.05, 4.69) is 4.98 Å². The number of benzene rings is 1. The number of carbonyl (C=O) groups is 1. The van der Waals surface area contributed by atoms with Crippen molar-refractivity contribution < 1.29 is 13.9 Å². The lowest BCUT2D eigenvalue weighted by Gasteiger charge is -2.35. The number of hydrogen-bond acceptors (Lipinski definition) is 3. The third-order valence-electron chi connectivity index (χ3n) is 4.55. The van der Waals surface area contributed by atoms with Gasteiger partial charge in [-0.25, -0.2) is 14.0 Å². The molecule has 1 amide bonds. The van der Waals surface area contributed by atoms with Crippen molar-refractivity contribution >= 4 is 17.1 Å². The zero-order valence-electron chi connectivity index (χ0n) is 15.0. The largest absolute Gasteiger partial charge is 0.444 e. The number of aromatic nitrogens is 2. The fourth-order valence-electron chi connectivity index (χ4n) is 3.24. The number of fused-ring (bicyclic) bond motifs is 1. The van der Waals surface area contributed by atoms with Gasteiger partial charge in [0, 0.05) is 19.5 Å². The fourth-order valence-corrected chi connectivity index (χ4v) is 3.24. The summed E-state index contributed by atoms with van der Waals surface area (Å²) in [6.45, 7) is 5.84. The number of rotatable bonds is 1. The van der Waals surface area contributed by atoms with E-state index in [9.17, 15) is 14.0 Å². The number of nitrogens with one attached hydrogen (secondary N) is 1. The number of alkyl halides is 1. The molecule has 2 atom stereocenters. The molecule has 1 aliphatic rings. The third-order valence-corrected chi connectivity index (χ3v) is 4.55. The Morgan fingerprint density at radius 2 is 2.08 bits per heavy atom. The van der Waals surface area contributed by atoms with E-state index < -0.39 is 17.9 Å². The van der Waals surface area contributed by atoms with Crippen molar-refractivity contribution in [1.29, 1.82) is 0 Å². The second-order valence-electron chi connectivity index (χ2n) is 7.60. The van der Waals surface area contributed by atoms with E-state index >= 15 is 0 Å². The summed E-state index contributed by atoms with van der Waals surface area (Å²) in [7, 11) is 1.68. The van der Waals surface area contributed by atoms with Gasteiger partial charge in [-0.2, -0.15) is 0 Å². The topological polar surface area (TPSA) is 67.3 Å². The van der Waals surface area contributed by atoms with Crippen LogP contribution >= 0.6 is 0 Å². The van der Waals surface area contributed by atoms with Gasteiger partial charge < -0.3 is 14.6 Å². The zero-order valence-corrected chi connectivity index (χ0v) is 15.0. The van der Waals surface area contributed by atoms with Gasteiger partial charge in [0.2, 0.25) is 0 Å². The summed E-state index contributed by atoms with van der Waals surface area (Å²) in [5.74, 6) is -0.298. The normalized spacial score (nSPS) is 21.6. The first-order valence-electron chi connectivity index (χ1n) is 8.46. The van der Waals surface area contributed by atoms with Crippen LogP contribution in [0.3, 0.4) is 0 Å². The molecule has 0 saturated carbocycles. The molecule has 1 aliphatic heterocycles. The first kappa shape index (κ1) is 17.5. The molecule has 2 heterocycles. The second kappa shape index (κ2) is 6.20. The maximum atomic E-state index is 14.8. The number of piperidine rings is 1. The zero-order chi connectivity index (χ0) is 18.4. The molecule has 1 N–H and O–H groups in total. The SMILES string of the molecule is Cn1c(=O)[nH]c2ccc(C3CCN(C(=O)OC(C)(C)C)C[C@@H]3F)cc21. The van der Waals surface area contributed by atoms with Crippen LogP contribution in [0.4, 0.5) is 9.18 Å². The fraction of sp³-hybridized carbons (Fsp3) is 0.556. The highest BCUT2D eigenvalue weighted by atomic mass is 19.1. The highest BCUT2D eigenvalue weighted by Gasteiger charge is 2.34. The highest BCUT2D eigenvalue weighted by molar-refractivity contribution is 5.76. The summed E-state index contributed by atoms with van der Waals surface area (Å²) in [5.41, 5.74) is 1.55. The van der Waals surface area contributed by atoms with Crippen LogP contribution in [0, 0.1) is 0 Å². The molecule has 2 aromatic rings. The number of aromatic amines is 1. The Morgan fingerprint density at radius 1 is 1.36 bits per heavy atom. The summed E-state index contributed by atoms with van der Waals surface area (Å²) in [4.78, 5) is 28.0. The monoisotopic (exact) mass is 349 g/mol. The molecule has 0 radical (unpaired) electrons. The molecule has 6 nitrogen and oxygen atoms in total. The molecule has 7 heteroatoms. The van der Waals surface area contributed by atoms with Gasteiger partial charge in [-0.3, -0.25) is 4.57 Å². The van der Waals surface area contributed by atoms with E-state index in [4.69, 9.17) is 4.74 Å². The maximum Gasteiger partial charge on any atom is 0.410 e. The molecule has 0 bridgehead atoms. The van der Waals surface area contributed by atoms with Crippen molar-refractivity contribution in [2.75, 3.05) is 13.1 Å². The van der Waals surface area contributed by atoms with Crippen LogP contribution in [0.25, 0.3) is 11.0 Å². The van der Waals surface area contributed by atoms with Gasteiger partial charge in [-0.05, 0) is 44.9 Å². The molecule has 1 aromatic carbocycles. The number of amides is 1. The van der Waals surface area contributed by atoms with Crippen LogP contribution in [-0.2, 0) is 11.8 Å². The lowest BCUT2D eigenvalue weighted by atomic mass is 9.88. The third kappa shape index (κ3) is 3.55. The second-order valence-corrected chi connectivity index (χ2v) is 7.60. The van der Waals surface area contributed by atoms with Gasteiger partial charge in [0.05, 0.1) is 17.6 Å². The minimum Gasteiger partial charge on any atom is -0.444 e. The minimum atomic E-state index is -1.17. The van der Waals surface area contributed by atoms with Crippen molar-refractivity contribution in [2.45, 2.75) is 44.9 Å². The van der Waals surface area contributed by atoms with Crippen molar-refractivity contribution in [3.05, 3.63) is 34.2 Å². The molecule has 136 valence electrons. The Morgan fingerprint density at radius 3 is 2.72 bits per heavy atom. The van der Waals surface area contributed by atoms with E-state index in [0.717, 1.165) is 16.6 Å². The smallest absolute Gasteiger partial charge is 0.410 e. The number of carbonyl (C=O) groups excluding carboxylic acids is 1. The molecular formula is C18H24FN3O3. The van der Waals surface area contributed by atoms with Gasteiger partial charge in [0.15, 0.2) is 0 Å². The van der Waals surface area contributed by atoms with Crippen LogP contribution in [0.5, 0.6) is 0 Å². The Hall–Kier alpha value is -2.31. The predicted octanol–water partition coefficient (Wildman–Crippen LogP) is 2.93. The lowest BCUT2D eigenvalue weighted by Crippen LogP contribution is -2.46. The molecule has 25 heavy (non-hydrogen) atoms. The van der Waals surface area contributed by atoms with Gasteiger partial charge in [-0.1, -0.05) is 6.07 Å². The van der Waals surface area contributed by atoms with Crippen LogP contribution in [0.15, 0.2) is 23.0 Å². The van der Waals surface area contributed by atoms with Gasteiger partial charge in [-0.15, -0.1) is 0 Å². The number of H-pyrrole nitrogens is 1. The summed E-state index contributed by atoms with van der Waals surface area (Å²) >= 11 is 0. The van der Waals surface area contributed by atoms with Crippen LogP contribution < -0.4 is 5.69 Å². The van der Waals surface area contributed by atoms with Crippen LogP contribution in [-0.4, -0.2) is 45.4 Å². The summed E-state index contributed by atoms with van der Waals surface area (Å²) in [5, 5.41) is 0. The molecule has 1 aromatic heterocycles. The Kier molecular flexibility index (Phi) is 4.34. The van der Waals surface area contributed by atoms with Gasteiger partial charge >= 0.3 is 11.8 Å². The molecule has 3 rings (SSSR count). The van der Waals surface area contributed by atoms with Crippen LogP contribution in [0.2, 0.25) is 0 Å². The van der Waals surface area contributed by atoms with Gasteiger partial charge in [0.25, 0.3) is 0 Å². The summed E-state index contributed by atoms with van der Waals surface area (Å²) < 4.78 is 21.6. The molecule has 1 fully saturated rings. The predicted molar refractivity (Wildman–Crippen MR) is 93.6 cm³/mol. The van der Waals surface area contributed by atoms with E-state index in [1.54, 1.807) is 33.9 Å². The van der Waals surface area contributed by atoms with Crippen LogP contribution in [0.1, 0.15) is 38.7 Å². The molecule has 0 aliphatic carbocycles. The number of aryl methyl sites for hydroxylation is 1. The Bertz CT molecular complexity index is 849. The number of imidazole rings is 1. The van der Waals surface area contributed by atoms with Crippen molar-refractivity contribution in [3.63, 3.8) is 0 Å². The average molecular weight is 349 g/mol. The molecular weight excluding hydrogens is 325 g/mol. The van der Waals surface area contributed by atoms with E-state index in [0.29, 0.717) is 13.0 Å². The lowest BCUT2D eigenvalue weighted by molar-refractivity contribution is 0.0111. The van der Waals surface area contributed by atoms with Crippen molar-refractivity contribution in [2.24, 2.45) is 7.05 Å². The number of nitrogens with zero attached hydrogens (tertiary/aromatic N) is 2. The summed E-state index contributed by atoms with van der Waals surface area (Å²) in [6, 6.07) is 5.51. The summed E-state index contributed by atoms with van der Waals surface area (Å²) in [6.07, 6.45) is -1.13. The number of likely N-dealkylation sites (tertiary alicyclic amines) is 1. The molecule has 0 spiro atoms. The Balaban J connectivity index is 1.76. The van der Waals surface area contributed by atoms with E-state index in [1.807, 2.05) is 12.1 Å².